The van der Waals surface area contributed by atoms with Crippen molar-refractivity contribution in [2.24, 2.45) is 5.92 Å². The average molecular weight is 384 g/mol. The van der Waals surface area contributed by atoms with Crippen LogP contribution in [0, 0.1) is 12.8 Å². The van der Waals surface area contributed by atoms with Crippen molar-refractivity contribution in [3.05, 3.63) is 24.0 Å². The molecule has 2 aromatic heterocycles. The molecule has 0 atom stereocenters. The summed E-state index contributed by atoms with van der Waals surface area (Å²) in [5, 5.41) is 8.40. The first-order valence-electron chi connectivity index (χ1n) is 9.83. The number of ketones is 1. The summed E-state index contributed by atoms with van der Waals surface area (Å²) in [5.74, 6) is 2.77. The van der Waals surface area contributed by atoms with Gasteiger partial charge >= 0.3 is 0 Å². The van der Waals surface area contributed by atoms with Crippen LogP contribution >= 0.6 is 0 Å². The number of hydrogen-bond acceptors (Lipinski definition) is 6. The normalized spacial score (nSPS) is 11.5. The Balaban J connectivity index is 1.65. The van der Waals surface area contributed by atoms with Crippen LogP contribution in [-0.2, 0) is 4.79 Å². The molecule has 0 aliphatic carbocycles. The van der Waals surface area contributed by atoms with E-state index in [2.05, 4.69) is 29.0 Å². The lowest BCUT2D eigenvalue weighted by molar-refractivity contribution is -0.119. The van der Waals surface area contributed by atoms with Gasteiger partial charge in [-0.05, 0) is 44.2 Å². The van der Waals surface area contributed by atoms with E-state index in [1.54, 1.807) is 7.11 Å². The summed E-state index contributed by atoms with van der Waals surface area (Å²) in [4.78, 5) is 16.4. The lowest BCUT2D eigenvalue weighted by Gasteiger charge is -2.10. The third-order valence-electron chi connectivity index (χ3n) is 4.64. The van der Waals surface area contributed by atoms with Crippen LogP contribution in [0.3, 0.4) is 0 Å². The van der Waals surface area contributed by atoms with Crippen LogP contribution in [0.15, 0.2) is 18.2 Å². The Bertz CT molecular complexity index is 965. The fraction of sp³-hybridized carbons (Fsp3) is 0.524. The molecule has 1 aromatic carbocycles. The molecule has 0 aliphatic heterocycles. The molecular formula is C21H28N4O3. The molecule has 0 radical (unpaired) electrons. The summed E-state index contributed by atoms with van der Waals surface area (Å²) in [6, 6.07) is 5.72. The molecular weight excluding hydrogens is 356 g/mol. The van der Waals surface area contributed by atoms with Gasteiger partial charge in [-0.2, -0.15) is 0 Å². The molecule has 0 unspecified atom stereocenters. The maximum Gasteiger partial charge on any atom is 0.260 e. The molecule has 0 fully saturated rings. The standard InChI is InChI=1S/C21H28N4O3/c1-14(2)12-16(26)8-6-5-7-11-28-21-20-24-23-15(3)25(20)19-10-9-17(27-4)13-18(19)22-21/h9-10,13-14H,5-8,11-12H2,1-4H3. The van der Waals surface area contributed by atoms with Gasteiger partial charge in [-0.25, -0.2) is 4.98 Å². The molecule has 3 rings (SSSR count). The summed E-state index contributed by atoms with van der Waals surface area (Å²) in [6.45, 7) is 6.58. The van der Waals surface area contributed by atoms with Crippen molar-refractivity contribution in [1.82, 2.24) is 19.6 Å². The summed E-state index contributed by atoms with van der Waals surface area (Å²) >= 11 is 0. The summed E-state index contributed by atoms with van der Waals surface area (Å²) in [7, 11) is 1.63. The monoisotopic (exact) mass is 384 g/mol. The first-order chi connectivity index (χ1) is 13.5. The molecule has 3 aromatic rings. The number of rotatable bonds is 10. The van der Waals surface area contributed by atoms with Crippen molar-refractivity contribution in [2.45, 2.75) is 52.9 Å². The SMILES string of the molecule is COc1ccc2c(c1)nc(OCCCCCC(=O)CC(C)C)c1nnc(C)n12. The second kappa shape index (κ2) is 8.99. The van der Waals surface area contributed by atoms with Gasteiger partial charge in [-0.3, -0.25) is 9.20 Å². The maximum atomic E-state index is 11.8. The highest BCUT2D eigenvalue weighted by molar-refractivity contribution is 5.81. The smallest absolute Gasteiger partial charge is 0.260 e. The lowest BCUT2D eigenvalue weighted by Crippen LogP contribution is -2.05. The number of carbonyl (C=O) groups is 1. The molecule has 7 nitrogen and oxygen atoms in total. The van der Waals surface area contributed by atoms with Crippen LogP contribution in [0.2, 0.25) is 0 Å². The number of fused-ring (bicyclic) bond motifs is 3. The van der Waals surface area contributed by atoms with Crippen molar-refractivity contribution >= 4 is 22.5 Å². The van der Waals surface area contributed by atoms with Gasteiger partial charge in [0, 0.05) is 18.9 Å². The number of aryl methyl sites for hydroxylation is 1. The largest absolute Gasteiger partial charge is 0.497 e. The number of hydrogen-bond donors (Lipinski definition) is 0. The maximum absolute atomic E-state index is 11.8. The van der Waals surface area contributed by atoms with Crippen LogP contribution < -0.4 is 9.47 Å². The minimum absolute atomic E-state index is 0.349. The van der Waals surface area contributed by atoms with Gasteiger partial charge < -0.3 is 9.47 Å². The Kier molecular flexibility index (Phi) is 6.44. The van der Waals surface area contributed by atoms with E-state index in [0.29, 0.717) is 42.7 Å². The zero-order chi connectivity index (χ0) is 20.1. The van der Waals surface area contributed by atoms with E-state index in [1.165, 1.54) is 0 Å². The van der Waals surface area contributed by atoms with Crippen molar-refractivity contribution in [3.63, 3.8) is 0 Å². The van der Waals surface area contributed by atoms with Gasteiger partial charge in [-0.1, -0.05) is 13.8 Å². The number of benzene rings is 1. The quantitative estimate of drug-likeness (QED) is 0.489. The molecule has 0 spiro atoms. The number of Topliss-reactive ketones (excluding diaryl/α,β-unsaturated/α-hetero) is 1. The Morgan fingerprint density at radius 1 is 1.18 bits per heavy atom. The van der Waals surface area contributed by atoms with Crippen LogP contribution in [-0.4, -0.2) is 39.1 Å². The fourth-order valence-corrected chi connectivity index (χ4v) is 3.28. The van der Waals surface area contributed by atoms with E-state index >= 15 is 0 Å². The van der Waals surface area contributed by atoms with Crippen molar-refractivity contribution in [3.8, 4) is 11.6 Å². The van der Waals surface area contributed by atoms with Crippen LogP contribution in [0.5, 0.6) is 11.6 Å². The average Bonchev–Trinajstić information content (AvgIpc) is 3.05. The molecule has 0 saturated carbocycles. The molecule has 0 aliphatic rings. The van der Waals surface area contributed by atoms with E-state index in [-0.39, 0.29) is 0 Å². The number of unbranched alkanes of at least 4 members (excludes halogenated alkanes) is 2. The molecule has 7 heteroatoms. The van der Waals surface area contributed by atoms with E-state index in [1.807, 2.05) is 29.5 Å². The summed E-state index contributed by atoms with van der Waals surface area (Å²) in [5.41, 5.74) is 2.29. The van der Waals surface area contributed by atoms with E-state index < -0.39 is 0 Å². The van der Waals surface area contributed by atoms with E-state index in [4.69, 9.17) is 9.47 Å². The number of methoxy groups -OCH3 is 1. The molecule has 0 bridgehead atoms. The molecule has 0 saturated heterocycles. The van der Waals surface area contributed by atoms with Crippen LogP contribution in [0.25, 0.3) is 16.7 Å². The Labute approximate surface area is 165 Å². The third-order valence-corrected chi connectivity index (χ3v) is 4.64. The van der Waals surface area contributed by atoms with Gasteiger partial charge in [0.15, 0.2) is 0 Å². The zero-order valence-electron chi connectivity index (χ0n) is 17.1. The van der Waals surface area contributed by atoms with Crippen LogP contribution in [0.4, 0.5) is 0 Å². The number of carbonyl (C=O) groups excluding carboxylic acids is 1. The van der Waals surface area contributed by atoms with Gasteiger partial charge in [0.1, 0.15) is 17.4 Å². The fourth-order valence-electron chi connectivity index (χ4n) is 3.28. The first-order valence-corrected chi connectivity index (χ1v) is 9.83. The van der Waals surface area contributed by atoms with Gasteiger partial charge in [-0.15, -0.1) is 10.2 Å². The molecule has 28 heavy (non-hydrogen) atoms. The highest BCUT2D eigenvalue weighted by Crippen LogP contribution is 2.26. The topological polar surface area (TPSA) is 78.6 Å². The van der Waals surface area contributed by atoms with Gasteiger partial charge in [0.2, 0.25) is 5.65 Å². The van der Waals surface area contributed by atoms with E-state index in [0.717, 1.165) is 41.9 Å². The predicted octanol–water partition coefficient (Wildman–Crippen LogP) is 4.15. The predicted molar refractivity (Wildman–Crippen MR) is 108 cm³/mol. The number of ether oxygens (including phenoxy) is 2. The number of nitrogens with zero attached hydrogens (tertiary/aromatic N) is 4. The molecule has 0 N–H and O–H groups in total. The Morgan fingerprint density at radius 2 is 2.00 bits per heavy atom. The van der Waals surface area contributed by atoms with Crippen LogP contribution in [0.1, 0.15) is 51.8 Å². The van der Waals surface area contributed by atoms with Gasteiger partial charge in [0.25, 0.3) is 5.88 Å². The minimum atomic E-state index is 0.349. The molecule has 150 valence electrons. The Hall–Kier alpha value is -2.70. The second-order valence-corrected chi connectivity index (χ2v) is 7.47. The highest BCUT2D eigenvalue weighted by atomic mass is 16.5. The second-order valence-electron chi connectivity index (χ2n) is 7.47. The van der Waals surface area contributed by atoms with Crippen molar-refractivity contribution in [1.29, 1.82) is 0 Å². The van der Waals surface area contributed by atoms with Crippen molar-refractivity contribution < 1.29 is 14.3 Å². The Morgan fingerprint density at radius 3 is 2.75 bits per heavy atom. The molecule has 0 amide bonds. The molecule has 2 heterocycles. The number of aromatic nitrogens is 4. The van der Waals surface area contributed by atoms with Gasteiger partial charge in [0.05, 0.1) is 24.8 Å². The minimum Gasteiger partial charge on any atom is -0.497 e. The summed E-state index contributed by atoms with van der Waals surface area (Å²) < 4.78 is 13.2. The lowest BCUT2D eigenvalue weighted by atomic mass is 10.0. The first kappa shape index (κ1) is 20.0. The highest BCUT2D eigenvalue weighted by Gasteiger charge is 2.14. The summed E-state index contributed by atoms with van der Waals surface area (Å²) in [6.07, 6.45) is 4.04. The van der Waals surface area contributed by atoms with E-state index in [9.17, 15) is 4.79 Å². The third kappa shape index (κ3) is 4.58. The zero-order valence-corrected chi connectivity index (χ0v) is 17.1. The van der Waals surface area contributed by atoms with Crippen molar-refractivity contribution in [2.75, 3.05) is 13.7 Å².